The molecule has 15 heavy (non-hydrogen) atoms. The van der Waals surface area contributed by atoms with Crippen molar-refractivity contribution in [3.8, 4) is 0 Å². The highest BCUT2D eigenvalue weighted by Gasteiger charge is 2.21. The van der Waals surface area contributed by atoms with E-state index in [4.69, 9.17) is 10.2 Å². The van der Waals surface area contributed by atoms with Crippen molar-refractivity contribution in [2.24, 2.45) is 0 Å². The van der Waals surface area contributed by atoms with Crippen LogP contribution in [0.2, 0.25) is 0 Å². The van der Waals surface area contributed by atoms with Gasteiger partial charge in [-0.3, -0.25) is 19.3 Å². The molecule has 0 radical (unpaired) electrons. The van der Waals surface area contributed by atoms with Crippen LogP contribution in [0.25, 0.3) is 0 Å². The van der Waals surface area contributed by atoms with Crippen molar-refractivity contribution in [1.29, 1.82) is 0 Å². The van der Waals surface area contributed by atoms with Crippen LogP contribution in [0.3, 0.4) is 0 Å². The van der Waals surface area contributed by atoms with Gasteiger partial charge in [-0.2, -0.15) is 0 Å². The quantitative estimate of drug-likeness (QED) is 0.614. The first-order chi connectivity index (χ1) is 6.84. The van der Waals surface area contributed by atoms with Crippen LogP contribution in [-0.4, -0.2) is 52.0 Å². The fourth-order valence-corrected chi connectivity index (χ4v) is 1.09. The zero-order valence-electron chi connectivity index (χ0n) is 8.77. The van der Waals surface area contributed by atoms with E-state index < -0.39 is 18.0 Å². The van der Waals surface area contributed by atoms with Crippen LogP contribution in [0, 0.1) is 0 Å². The summed E-state index contributed by atoms with van der Waals surface area (Å²) in [7, 11) is 0. The van der Waals surface area contributed by atoms with E-state index in [-0.39, 0.29) is 25.3 Å². The van der Waals surface area contributed by atoms with E-state index >= 15 is 0 Å². The molecular weight excluding hydrogens is 202 g/mol. The largest absolute Gasteiger partial charge is 0.481 e. The van der Waals surface area contributed by atoms with Crippen molar-refractivity contribution < 1.29 is 24.6 Å². The molecular formula is C9H15NO5. The molecule has 0 bridgehead atoms. The number of ketones is 1. The number of hydrogen-bond donors (Lipinski definition) is 2. The number of Topliss-reactive ketones (excluding diaryl/α,β-unsaturated/α-hetero) is 1. The van der Waals surface area contributed by atoms with Gasteiger partial charge >= 0.3 is 11.9 Å². The highest BCUT2D eigenvalue weighted by atomic mass is 16.4. The predicted octanol–water partition coefficient (Wildman–Crippen LogP) is -0.175. The van der Waals surface area contributed by atoms with Crippen LogP contribution in [0.1, 0.15) is 20.3 Å². The third-order valence-electron chi connectivity index (χ3n) is 1.94. The van der Waals surface area contributed by atoms with Gasteiger partial charge in [-0.1, -0.05) is 0 Å². The van der Waals surface area contributed by atoms with E-state index in [1.165, 1.54) is 18.7 Å². The summed E-state index contributed by atoms with van der Waals surface area (Å²) in [6.07, 6.45) is -0.176. The number of rotatable bonds is 7. The van der Waals surface area contributed by atoms with Crippen LogP contribution in [0.5, 0.6) is 0 Å². The van der Waals surface area contributed by atoms with E-state index in [2.05, 4.69) is 0 Å². The Morgan fingerprint density at radius 3 is 2.13 bits per heavy atom. The lowest BCUT2D eigenvalue weighted by molar-refractivity contribution is -0.145. The molecule has 0 spiro atoms. The van der Waals surface area contributed by atoms with Crippen LogP contribution < -0.4 is 0 Å². The molecule has 0 amide bonds. The van der Waals surface area contributed by atoms with Crippen molar-refractivity contribution in [3.05, 3.63) is 0 Å². The minimum atomic E-state index is -1.07. The van der Waals surface area contributed by atoms with Crippen molar-refractivity contribution in [1.82, 2.24) is 4.90 Å². The molecule has 86 valence electrons. The number of carboxylic acids is 2. The Labute approximate surface area is 87.5 Å². The molecule has 0 aliphatic carbocycles. The molecule has 0 aromatic heterocycles. The minimum absolute atomic E-state index is 0.0409. The SMILES string of the molecule is CC(=O)CN(CCC(=O)O)C(C)C(=O)O. The summed E-state index contributed by atoms with van der Waals surface area (Å²) >= 11 is 0. The first-order valence-corrected chi connectivity index (χ1v) is 4.52. The Kier molecular flexibility index (Phi) is 5.54. The van der Waals surface area contributed by atoms with E-state index in [1.54, 1.807) is 0 Å². The van der Waals surface area contributed by atoms with Crippen molar-refractivity contribution in [2.75, 3.05) is 13.1 Å². The molecule has 0 aromatic rings. The number of carbonyl (C=O) groups excluding carboxylic acids is 1. The first-order valence-electron chi connectivity index (χ1n) is 4.52. The molecule has 0 heterocycles. The zero-order chi connectivity index (χ0) is 12.0. The third kappa shape index (κ3) is 5.79. The summed E-state index contributed by atoms with van der Waals surface area (Å²) in [6, 6.07) is -0.853. The summed E-state index contributed by atoms with van der Waals surface area (Å²) in [5.74, 6) is -2.27. The Balaban J connectivity index is 4.36. The Morgan fingerprint density at radius 1 is 1.27 bits per heavy atom. The van der Waals surface area contributed by atoms with Crippen LogP contribution in [0.4, 0.5) is 0 Å². The molecule has 1 unspecified atom stereocenters. The van der Waals surface area contributed by atoms with Crippen LogP contribution in [0.15, 0.2) is 0 Å². The summed E-state index contributed by atoms with van der Waals surface area (Å²) in [6.45, 7) is 2.78. The maximum Gasteiger partial charge on any atom is 0.320 e. The van der Waals surface area contributed by atoms with Crippen molar-refractivity contribution in [3.63, 3.8) is 0 Å². The lowest BCUT2D eigenvalue weighted by atomic mass is 10.2. The summed E-state index contributed by atoms with van der Waals surface area (Å²) in [4.78, 5) is 33.2. The van der Waals surface area contributed by atoms with Gasteiger partial charge in [-0.15, -0.1) is 0 Å². The van der Waals surface area contributed by atoms with Crippen LogP contribution in [-0.2, 0) is 14.4 Å². The van der Waals surface area contributed by atoms with Gasteiger partial charge in [0.2, 0.25) is 0 Å². The molecule has 1 atom stereocenters. The average molecular weight is 217 g/mol. The highest BCUT2D eigenvalue weighted by molar-refractivity contribution is 5.79. The monoisotopic (exact) mass is 217 g/mol. The second-order valence-electron chi connectivity index (χ2n) is 3.33. The number of aliphatic carboxylic acids is 2. The van der Waals surface area contributed by atoms with E-state index in [0.717, 1.165) is 0 Å². The predicted molar refractivity (Wildman–Crippen MR) is 51.6 cm³/mol. The van der Waals surface area contributed by atoms with Gasteiger partial charge in [0.1, 0.15) is 11.8 Å². The van der Waals surface area contributed by atoms with Gasteiger partial charge in [0.25, 0.3) is 0 Å². The number of hydrogen-bond acceptors (Lipinski definition) is 4. The summed E-state index contributed by atoms with van der Waals surface area (Å²) in [5.41, 5.74) is 0. The molecule has 0 aliphatic heterocycles. The fourth-order valence-electron chi connectivity index (χ4n) is 1.09. The molecule has 0 fully saturated rings. The van der Waals surface area contributed by atoms with Gasteiger partial charge in [-0.25, -0.2) is 0 Å². The number of nitrogens with zero attached hydrogens (tertiary/aromatic N) is 1. The van der Waals surface area contributed by atoms with E-state index in [0.29, 0.717) is 0 Å². The summed E-state index contributed by atoms with van der Waals surface area (Å²) in [5, 5.41) is 17.2. The van der Waals surface area contributed by atoms with Crippen molar-refractivity contribution in [2.45, 2.75) is 26.3 Å². The highest BCUT2D eigenvalue weighted by Crippen LogP contribution is 2.01. The zero-order valence-corrected chi connectivity index (χ0v) is 8.77. The van der Waals surface area contributed by atoms with Gasteiger partial charge in [-0.05, 0) is 13.8 Å². The van der Waals surface area contributed by atoms with Gasteiger partial charge < -0.3 is 10.2 Å². The molecule has 6 nitrogen and oxygen atoms in total. The molecule has 6 heteroatoms. The van der Waals surface area contributed by atoms with E-state index in [9.17, 15) is 14.4 Å². The minimum Gasteiger partial charge on any atom is -0.481 e. The standard InChI is InChI=1S/C9H15NO5/c1-6(11)5-10(4-3-8(12)13)7(2)9(14)15/h7H,3-5H2,1-2H3,(H,12,13)(H,14,15). The fraction of sp³-hybridized carbons (Fsp3) is 0.667. The Morgan fingerprint density at radius 2 is 1.80 bits per heavy atom. The second-order valence-corrected chi connectivity index (χ2v) is 3.33. The third-order valence-corrected chi connectivity index (χ3v) is 1.94. The lowest BCUT2D eigenvalue weighted by Gasteiger charge is -2.24. The van der Waals surface area contributed by atoms with Gasteiger partial charge in [0.05, 0.1) is 13.0 Å². The molecule has 0 saturated heterocycles. The molecule has 0 rings (SSSR count). The normalized spacial score (nSPS) is 12.5. The molecule has 2 N–H and O–H groups in total. The second kappa shape index (κ2) is 6.13. The average Bonchev–Trinajstić information content (AvgIpc) is 2.10. The molecule has 0 saturated carbocycles. The molecule has 0 aliphatic rings. The van der Waals surface area contributed by atoms with Crippen molar-refractivity contribution >= 4 is 17.7 Å². The van der Waals surface area contributed by atoms with Gasteiger partial charge in [0.15, 0.2) is 0 Å². The smallest absolute Gasteiger partial charge is 0.320 e. The molecule has 0 aromatic carbocycles. The van der Waals surface area contributed by atoms with Crippen LogP contribution >= 0.6 is 0 Å². The lowest BCUT2D eigenvalue weighted by Crippen LogP contribution is -2.42. The maximum atomic E-state index is 10.8. The Hall–Kier alpha value is -1.43. The maximum absolute atomic E-state index is 10.8. The number of carbonyl (C=O) groups is 3. The van der Waals surface area contributed by atoms with Gasteiger partial charge in [0, 0.05) is 6.54 Å². The Bertz CT molecular complexity index is 263. The first kappa shape index (κ1) is 13.6. The van der Waals surface area contributed by atoms with E-state index in [1.807, 2.05) is 0 Å². The summed E-state index contributed by atoms with van der Waals surface area (Å²) < 4.78 is 0. The number of carboxylic acid groups (broad SMARTS) is 2. The topological polar surface area (TPSA) is 94.9 Å².